The lowest BCUT2D eigenvalue weighted by atomic mass is 10.1. The molecule has 0 bridgehead atoms. The van der Waals surface area contributed by atoms with Gasteiger partial charge in [0.2, 0.25) is 0 Å². The minimum absolute atomic E-state index is 0.105. The van der Waals surface area contributed by atoms with Crippen molar-refractivity contribution in [3.05, 3.63) is 51.5 Å². The van der Waals surface area contributed by atoms with Crippen LogP contribution < -0.4 is 14.8 Å². The number of carbonyl (C=O) groups is 1. The first-order valence-electron chi connectivity index (χ1n) is 9.77. The van der Waals surface area contributed by atoms with Crippen molar-refractivity contribution in [3.63, 3.8) is 0 Å². The van der Waals surface area contributed by atoms with Crippen molar-refractivity contribution in [2.24, 2.45) is 0 Å². The molecule has 0 saturated carbocycles. The first kappa shape index (κ1) is 23.8. The van der Waals surface area contributed by atoms with Crippen LogP contribution in [0, 0.1) is 0 Å². The number of nitrogens with one attached hydrogen (secondary N) is 1. The van der Waals surface area contributed by atoms with E-state index in [1.807, 2.05) is 26.0 Å². The SMILES string of the molecule is COc1cc(C(=S)N2C[C@@H](C)O[C@H](C)C2)cc(Br)c1OCC(=O)Nc1ccc(Cl)cc1. The molecule has 1 heterocycles. The average molecular weight is 528 g/mol. The second kappa shape index (κ2) is 10.6. The topological polar surface area (TPSA) is 60.0 Å². The molecule has 1 fully saturated rings. The molecule has 2 aromatic carbocycles. The first-order valence-corrected chi connectivity index (χ1v) is 11.3. The zero-order chi connectivity index (χ0) is 22.5. The highest BCUT2D eigenvalue weighted by atomic mass is 79.9. The molecule has 3 rings (SSSR count). The molecule has 2 aromatic rings. The van der Waals surface area contributed by atoms with E-state index in [4.69, 9.17) is 38.0 Å². The van der Waals surface area contributed by atoms with E-state index in [9.17, 15) is 4.79 Å². The molecule has 1 amide bonds. The van der Waals surface area contributed by atoms with Crippen molar-refractivity contribution in [3.8, 4) is 11.5 Å². The van der Waals surface area contributed by atoms with Crippen LogP contribution in [0.5, 0.6) is 11.5 Å². The van der Waals surface area contributed by atoms with Gasteiger partial charge in [-0.1, -0.05) is 23.8 Å². The molecule has 6 nitrogen and oxygen atoms in total. The molecule has 166 valence electrons. The molecule has 1 aliphatic rings. The molecule has 0 unspecified atom stereocenters. The minimum Gasteiger partial charge on any atom is -0.493 e. The smallest absolute Gasteiger partial charge is 0.262 e. The second-order valence-corrected chi connectivity index (χ2v) is 8.98. The highest BCUT2D eigenvalue weighted by Crippen LogP contribution is 2.37. The molecule has 0 spiro atoms. The van der Waals surface area contributed by atoms with Crippen molar-refractivity contribution < 1.29 is 19.0 Å². The van der Waals surface area contributed by atoms with Gasteiger partial charge in [-0.3, -0.25) is 4.79 Å². The van der Waals surface area contributed by atoms with Crippen LogP contribution in [0.15, 0.2) is 40.9 Å². The lowest BCUT2D eigenvalue weighted by Crippen LogP contribution is -2.47. The van der Waals surface area contributed by atoms with Gasteiger partial charge < -0.3 is 24.4 Å². The van der Waals surface area contributed by atoms with Gasteiger partial charge in [0, 0.05) is 29.4 Å². The van der Waals surface area contributed by atoms with E-state index in [-0.39, 0.29) is 24.7 Å². The third-order valence-corrected chi connectivity index (χ3v) is 5.99. The van der Waals surface area contributed by atoms with Gasteiger partial charge in [0.25, 0.3) is 5.91 Å². The Morgan fingerprint density at radius 3 is 2.52 bits per heavy atom. The number of amides is 1. The molecule has 0 aliphatic carbocycles. The van der Waals surface area contributed by atoms with Crippen molar-refractivity contribution >= 4 is 56.3 Å². The summed E-state index contributed by atoms with van der Waals surface area (Å²) in [5, 5.41) is 3.36. The Labute approximate surface area is 200 Å². The third-order valence-electron chi connectivity index (χ3n) is 4.66. The average Bonchev–Trinajstić information content (AvgIpc) is 2.72. The fourth-order valence-corrected chi connectivity index (χ4v) is 4.33. The van der Waals surface area contributed by atoms with Crippen LogP contribution in [0.3, 0.4) is 0 Å². The zero-order valence-corrected chi connectivity index (χ0v) is 20.6. The molecule has 0 aromatic heterocycles. The predicted octanol–water partition coefficient (Wildman–Crippen LogP) is 4.91. The largest absolute Gasteiger partial charge is 0.493 e. The highest BCUT2D eigenvalue weighted by molar-refractivity contribution is 9.10. The van der Waals surface area contributed by atoms with Crippen molar-refractivity contribution in [2.75, 3.05) is 32.1 Å². The Hall–Kier alpha value is -1.87. The Bertz CT molecular complexity index is 947. The number of halogens is 2. The maximum atomic E-state index is 12.3. The van der Waals surface area contributed by atoms with Crippen LogP contribution in [-0.2, 0) is 9.53 Å². The quantitative estimate of drug-likeness (QED) is 0.539. The van der Waals surface area contributed by atoms with Crippen molar-refractivity contribution in [1.82, 2.24) is 4.90 Å². The molecular formula is C22H24BrClN2O4S. The van der Waals surface area contributed by atoms with Crippen LogP contribution in [-0.4, -0.2) is 54.8 Å². The number of thiocarbonyl (C=S) groups is 1. The van der Waals surface area contributed by atoms with Crippen molar-refractivity contribution in [1.29, 1.82) is 0 Å². The van der Waals surface area contributed by atoms with E-state index in [1.54, 1.807) is 31.4 Å². The number of hydrogen-bond acceptors (Lipinski definition) is 5. The number of methoxy groups -OCH3 is 1. The fourth-order valence-electron chi connectivity index (χ4n) is 3.38. The molecule has 2 atom stereocenters. The number of morpholine rings is 1. The van der Waals surface area contributed by atoms with Crippen LogP contribution >= 0.6 is 39.7 Å². The Morgan fingerprint density at radius 2 is 1.90 bits per heavy atom. The summed E-state index contributed by atoms with van der Waals surface area (Å²) < 4.78 is 17.7. The number of anilines is 1. The van der Waals surface area contributed by atoms with E-state index in [1.165, 1.54) is 0 Å². The van der Waals surface area contributed by atoms with Gasteiger partial charge in [-0.2, -0.15) is 0 Å². The second-order valence-electron chi connectivity index (χ2n) is 7.30. The molecule has 9 heteroatoms. The number of nitrogens with zero attached hydrogens (tertiary/aromatic N) is 1. The summed E-state index contributed by atoms with van der Waals surface area (Å²) in [7, 11) is 1.55. The highest BCUT2D eigenvalue weighted by Gasteiger charge is 2.25. The fraction of sp³-hybridized carbons (Fsp3) is 0.364. The molecular weight excluding hydrogens is 504 g/mol. The Morgan fingerprint density at radius 1 is 1.26 bits per heavy atom. The Balaban J connectivity index is 1.69. The Kier molecular flexibility index (Phi) is 8.16. The van der Waals surface area contributed by atoms with Gasteiger partial charge >= 0.3 is 0 Å². The standard InChI is InChI=1S/C22H24BrClN2O4S/c1-13-10-26(11-14(2)30-13)22(31)15-8-18(23)21(19(9-15)28-3)29-12-20(27)25-17-6-4-16(24)5-7-17/h4-9,13-14H,10-12H2,1-3H3,(H,25,27)/t13-,14-/m1/s1. The van der Waals surface area contributed by atoms with Gasteiger partial charge in [-0.15, -0.1) is 0 Å². The monoisotopic (exact) mass is 526 g/mol. The summed E-state index contributed by atoms with van der Waals surface area (Å²) in [6.07, 6.45) is 0.211. The molecule has 31 heavy (non-hydrogen) atoms. The van der Waals surface area contributed by atoms with E-state index in [0.29, 0.717) is 31.7 Å². The van der Waals surface area contributed by atoms with Gasteiger partial charge in [-0.05, 0) is 66.2 Å². The van der Waals surface area contributed by atoms with E-state index < -0.39 is 0 Å². The maximum Gasteiger partial charge on any atom is 0.262 e. The van der Waals surface area contributed by atoms with Crippen LogP contribution in [0.4, 0.5) is 5.69 Å². The maximum absolute atomic E-state index is 12.3. The third kappa shape index (κ3) is 6.32. The number of benzene rings is 2. The molecule has 1 aliphatic heterocycles. The van der Waals surface area contributed by atoms with Gasteiger partial charge in [-0.25, -0.2) is 0 Å². The summed E-state index contributed by atoms with van der Waals surface area (Å²) in [5.74, 6) is 0.622. The van der Waals surface area contributed by atoms with E-state index in [0.717, 1.165) is 18.7 Å². The number of ether oxygens (including phenoxy) is 3. The summed E-state index contributed by atoms with van der Waals surface area (Å²) in [4.78, 5) is 15.1. The predicted molar refractivity (Wildman–Crippen MR) is 130 cm³/mol. The van der Waals surface area contributed by atoms with Crippen molar-refractivity contribution in [2.45, 2.75) is 26.1 Å². The molecule has 1 N–H and O–H groups in total. The van der Waals surface area contributed by atoms with Crippen LogP contribution in [0.2, 0.25) is 5.02 Å². The van der Waals surface area contributed by atoms with E-state index in [2.05, 4.69) is 26.1 Å². The van der Waals surface area contributed by atoms with Crippen LogP contribution in [0.25, 0.3) is 0 Å². The summed E-state index contributed by atoms with van der Waals surface area (Å²) in [6, 6.07) is 10.6. The number of carbonyl (C=O) groups excluding carboxylic acids is 1. The van der Waals surface area contributed by atoms with Crippen LogP contribution in [0.1, 0.15) is 19.4 Å². The lowest BCUT2D eigenvalue weighted by Gasteiger charge is -2.37. The summed E-state index contributed by atoms with van der Waals surface area (Å²) in [6.45, 7) is 5.35. The zero-order valence-electron chi connectivity index (χ0n) is 17.5. The molecule has 0 radical (unpaired) electrons. The van der Waals surface area contributed by atoms with E-state index >= 15 is 0 Å². The summed E-state index contributed by atoms with van der Waals surface area (Å²) >= 11 is 15.1. The molecule has 1 saturated heterocycles. The number of hydrogen-bond donors (Lipinski definition) is 1. The summed E-state index contributed by atoms with van der Waals surface area (Å²) in [5.41, 5.74) is 1.47. The lowest BCUT2D eigenvalue weighted by molar-refractivity contribution is -0.118. The first-order chi connectivity index (χ1) is 14.8. The van der Waals surface area contributed by atoms with Gasteiger partial charge in [0.1, 0.15) is 4.99 Å². The van der Waals surface area contributed by atoms with Gasteiger partial charge in [0.05, 0.1) is 23.8 Å². The minimum atomic E-state index is -0.299. The normalized spacial score (nSPS) is 18.4. The van der Waals surface area contributed by atoms with Gasteiger partial charge in [0.15, 0.2) is 18.1 Å². The number of rotatable bonds is 6.